The van der Waals surface area contributed by atoms with Crippen molar-refractivity contribution in [3.63, 3.8) is 0 Å². The normalized spacial score (nSPS) is 12.3. The molecule has 0 bridgehead atoms. The highest BCUT2D eigenvalue weighted by atomic mass is 32.1. The van der Waals surface area contributed by atoms with E-state index in [1.807, 2.05) is 12.3 Å². The summed E-state index contributed by atoms with van der Waals surface area (Å²) in [5.74, 6) is 10.5. The molecule has 0 spiro atoms. The molecule has 4 N–H and O–H groups in total. The highest BCUT2D eigenvalue weighted by Gasteiger charge is 1.92. The van der Waals surface area contributed by atoms with Crippen LogP contribution in [0.1, 0.15) is 5.69 Å². The minimum absolute atomic E-state index is 0.632. The first-order valence-electron chi connectivity index (χ1n) is 2.42. The van der Waals surface area contributed by atoms with Crippen LogP contribution in [-0.4, -0.2) is 4.68 Å². The van der Waals surface area contributed by atoms with Gasteiger partial charge in [-0.1, -0.05) is 0 Å². The summed E-state index contributed by atoms with van der Waals surface area (Å²) in [4.78, 5) is 0.632. The van der Waals surface area contributed by atoms with Gasteiger partial charge in [-0.05, 0) is 6.92 Å². The van der Waals surface area contributed by atoms with E-state index in [-0.39, 0.29) is 0 Å². The van der Waals surface area contributed by atoms with E-state index < -0.39 is 0 Å². The van der Waals surface area contributed by atoms with E-state index in [1.54, 1.807) is 0 Å². The molecule has 0 radical (unpaired) electrons. The standard InChI is InChI=1S/C4H8N4S/c1-3-2-9-4(7-5)8(3)6/h2H,5-6H2,1H3. The fourth-order valence-electron chi connectivity index (χ4n) is 0.495. The van der Waals surface area contributed by atoms with Gasteiger partial charge < -0.3 is 11.7 Å². The zero-order valence-electron chi connectivity index (χ0n) is 5.03. The van der Waals surface area contributed by atoms with Crippen molar-refractivity contribution in [1.82, 2.24) is 4.68 Å². The Labute approximate surface area is 56.4 Å². The van der Waals surface area contributed by atoms with E-state index in [2.05, 4.69) is 5.10 Å². The summed E-state index contributed by atoms with van der Waals surface area (Å²) in [7, 11) is 0. The zero-order chi connectivity index (χ0) is 6.85. The van der Waals surface area contributed by atoms with Crippen molar-refractivity contribution >= 4 is 11.3 Å². The van der Waals surface area contributed by atoms with Gasteiger partial charge in [-0.15, -0.1) is 11.3 Å². The number of thiazole rings is 1. The van der Waals surface area contributed by atoms with Crippen molar-refractivity contribution in [1.29, 1.82) is 0 Å². The lowest BCUT2D eigenvalue weighted by Gasteiger charge is -1.91. The zero-order valence-corrected chi connectivity index (χ0v) is 5.85. The molecule has 4 nitrogen and oxygen atoms in total. The van der Waals surface area contributed by atoms with Crippen LogP contribution in [0, 0.1) is 6.92 Å². The molecule has 0 fully saturated rings. The molecule has 0 aliphatic heterocycles. The summed E-state index contributed by atoms with van der Waals surface area (Å²) < 4.78 is 1.45. The number of nitrogens with two attached hydrogens (primary N) is 2. The maximum Gasteiger partial charge on any atom is 0.225 e. The molecule has 1 rings (SSSR count). The van der Waals surface area contributed by atoms with Gasteiger partial charge in [-0.3, -0.25) is 0 Å². The molecule has 0 aliphatic carbocycles. The topological polar surface area (TPSA) is 69.3 Å². The number of nitrogens with zero attached hydrogens (tertiary/aromatic N) is 2. The van der Waals surface area contributed by atoms with Crippen molar-refractivity contribution in [2.45, 2.75) is 6.92 Å². The molecule has 9 heavy (non-hydrogen) atoms. The minimum atomic E-state index is 0.632. The van der Waals surface area contributed by atoms with Crippen LogP contribution in [0.3, 0.4) is 0 Å². The average molecular weight is 144 g/mol. The Kier molecular flexibility index (Phi) is 1.44. The number of hydrogen-bond donors (Lipinski definition) is 2. The van der Waals surface area contributed by atoms with E-state index in [4.69, 9.17) is 11.7 Å². The second-order valence-electron chi connectivity index (χ2n) is 1.66. The van der Waals surface area contributed by atoms with Crippen molar-refractivity contribution in [3.8, 4) is 0 Å². The molecule has 0 amide bonds. The number of aromatic nitrogens is 1. The molecule has 5 heteroatoms. The summed E-state index contributed by atoms with van der Waals surface area (Å²) in [5, 5.41) is 5.34. The van der Waals surface area contributed by atoms with E-state index >= 15 is 0 Å². The first kappa shape index (κ1) is 6.15. The van der Waals surface area contributed by atoms with Gasteiger partial charge in [0.2, 0.25) is 4.80 Å². The summed E-state index contributed by atoms with van der Waals surface area (Å²) in [6.45, 7) is 1.89. The Morgan fingerprint density at radius 3 is 2.67 bits per heavy atom. The van der Waals surface area contributed by atoms with Crippen LogP contribution in [0.5, 0.6) is 0 Å². The van der Waals surface area contributed by atoms with Crippen molar-refractivity contribution in [2.24, 2.45) is 10.9 Å². The Hall–Kier alpha value is -0.970. The third-order valence-corrected chi connectivity index (χ3v) is 2.00. The fraction of sp³-hybridized carbons (Fsp3) is 0.250. The summed E-state index contributed by atoms with van der Waals surface area (Å²) in [6.07, 6.45) is 0. The van der Waals surface area contributed by atoms with Gasteiger partial charge in [0.1, 0.15) is 0 Å². The van der Waals surface area contributed by atoms with Crippen LogP contribution in [0.15, 0.2) is 10.5 Å². The van der Waals surface area contributed by atoms with Gasteiger partial charge in [0.05, 0.1) is 0 Å². The number of nitrogen functional groups attached to an aromatic ring is 1. The Morgan fingerprint density at radius 2 is 2.44 bits per heavy atom. The number of rotatable bonds is 0. The molecule has 0 saturated heterocycles. The van der Waals surface area contributed by atoms with Crippen molar-refractivity contribution in [3.05, 3.63) is 15.9 Å². The van der Waals surface area contributed by atoms with Crippen molar-refractivity contribution < 1.29 is 0 Å². The molecule has 0 unspecified atom stereocenters. The quantitative estimate of drug-likeness (QED) is 0.375. The van der Waals surface area contributed by atoms with Crippen LogP contribution in [0.4, 0.5) is 0 Å². The smallest absolute Gasteiger partial charge is 0.225 e. The fourth-order valence-corrected chi connectivity index (χ4v) is 1.20. The van der Waals surface area contributed by atoms with Gasteiger partial charge in [0.15, 0.2) is 0 Å². The number of hydrogen-bond acceptors (Lipinski definition) is 4. The molecule has 1 aromatic rings. The Morgan fingerprint density at radius 1 is 1.78 bits per heavy atom. The van der Waals surface area contributed by atoms with Gasteiger partial charge in [0, 0.05) is 11.1 Å². The second kappa shape index (κ2) is 2.10. The average Bonchev–Trinajstić information content (AvgIpc) is 2.15. The SMILES string of the molecule is Cc1csc(=NN)n1N. The molecular formula is C4H8N4S. The lowest BCUT2D eigenvalue weighted by atomic mass is 10.6. The Balaban J connectivity index is 3.37. The third-order valence-electron chi connectivity index (χ3n) is 1.03. The molecular weight excluding hydrogens is 136 g/mol. The van der Waals surface area contributed by atoms with Gasteiger partial charge in [-0.25, -0.2) is 4.68 Å². The molecule has 1 aromatic heterocycles. The van der Waals surface area contributed by atoms with Gasteiger partial charge in [0.25, 0.3) is 0 Å². The van der Waals surface area contributed by atoms with E-state index in [0.717, 1.165) is 5.69 Å². The molecule has 0 aliphatic rings. The maximum atomic E-state index is 5.47. The third kappa shape index (κ3) is 0.904. The monoisotopic (exact) mass is 144 g/mol. The molecule has 0 aromatic carbocycles. The largest absolute Gasteiger partial charge is 0.337 e. The van der Waals surface area contributed by atoms with Crippen LogP contribution in [0.25, 0.3) is 0 Å². The van der Waals surface area contributed by atoms with Crippen LogP contribution < -0.4 is 16.5 Å². The summed E-state index contributed by atoms with van der Waals surface area (Å²) in [5.41, 5.74) is 0.962. The predicted octanol–water partition coefficient (Wildman–Crippen LogP) is -0.654. The minimum Gasteiger partial charge on any atom is -0.337 e. The van der Waals surface area contributed by atoms with E-state index in [1.165, 1.54) is 16.0 Å². The number of aryl methyl sites for hydroxylation is 1. The molecule has 50 valence electrons. The predicted molar refractivity (Wildman–Crippen MR) is 36.9 cm³/mol. The maximum absolute atomic E-state index is 5.47. The first-order valence-corrected chi connectivity index (χ1v) is 3.30. The lowest BCUT2D eigenvalue weighted by Crippen LogP contribution is -2.25. The molecule has 0 saturated carbocycles. The van der Waals surface area contributed by atoms with E-state index in [0.29, 0.717) is 4.80 Å². The van der Waals surface area contributed by atoms with Gasteiger partial charge in [-0.2, -0.15) is 5.10 Å². The summed E-state index contributed by atoms with van der Waals surface area (Å²) in [6, 6.07) is 0. The molecule has 1 heterocycles. The highest BCUT2D eigenvalue weighted by Crippen LogP contribution is 1.93. The highest BCUT2D eigenvalue weighted by molar-refractivity contribution is 7.07. The first-order chi connectivity index (χ1) is 4.25. The van der Waals surface area contributed by atoms with Crippen molar-refractivity contribution in [2.75, 3.05) is 5.84 Å². The van der Waals surface area contributed by atoms with Gasteiger partial charge >= 0.3 is 0 Å². The van der Waals surface area contributed by atoms with Crippen LogP contribution in [0.2, 0.25) is 0 Å². The van der Waals surface area contributed by atoms with Crippen LogP contribution >= 0.6 is 11.3 Å². The second-order valence-corrected chi connectivity index (χ2v) is 2.50. The van der Waals surface area contributed by atoms with Crippen LogP contribution in [-0.2, 0) is 0 Å². The Bertz CT molecular complexity index is 258. The lowest BCUT2D eigenvalue weighted by molar-refractivity contribution is 0.882. The molecule has 0 atom stereocenters. The van der Waals surface area contributed by atoms with E-state index in [9.17, 15) is 0 Å². The summed E-state index contributed by atoms with van der Waals surface area (Å²) >= 11 is 1.42.